The molecular formula is C8H14N4S. The van der Waals surface area contributed by atoms with E-state index in [4.69, 9.17) is 18.0 Å². The van der Waals surface area contributed by atoms with Crippen molar-refractivity contribution >= 4 is 17.2 Å². The van der Waals surface area contributed by atoms with Gasteiger partial charge in [0, 0.05) is 12.0 Å². The molecule has 1 heterocycles. The van der Waals surface area contributed by atoms with E-state index >= 15 is 0 Å². The monoisotopic (exact) mass is 198 g/mol. The van der Waals surface area contributed by atoms with Crippen molar-refractivity contribution in [1.82, 2.24) is 14.8 Å². The average Bonchev–Trinajstić information content (AvgIpc) is 2.52. The molecule has 72 valence electrons. The molecule has 1 aromatic rings. The minimum atomic E-state index is -0.110. The van der Waals surface area contributed by atoms with Gasteiger partial charge in [-0.15, -0.1) is 0 Å². The highest BCUT2D eigenvalue weighted by Crippen LogP contribution is 2.20. The van der Waals surface area contributed by atoms with Gasteiger partial charge in [-0.2, -0.15) is 5.10 Å². The maximum atomic E-state index is 5.60. The van der Waals surface area contributed by atoms with Crippen LogP contribution < -0.4 is 5.73 Å². The molecule has 1 rings (SSSR count). The number of aromatic nitrogens is 3. The summed E-state index contributed by atoms with van der Waals surface area (Å²) in [6, 6.07) is 0. The molecule has 0 aliphatic heterocycles. The lowest BCUT2D eigenvalue weighted by Crippen LogP contribution is -2.30. The van der Waals surface area contributed by atoms with Crippen LogP contribution in [0.25, 0.3) is 0 Å². The van der Waals surface area contributed by atoms with Crippen LogP contribution in [0.5, 0.6) is 0 Å². The molecule has 4 nitrogen and oxygen atoms in total. The molecule has 0 aliphatic carbocycles. The third-order valence-corrected chi connectivity index (χ3v) is 2.65. The average molecular weight is 198 g/mol. The van der Waals surface area contributed by atoms with E-state index < -0.39 is 0 Å². The van der Waals surface area contributed by atoms with E-state index in [1.807, 2.05) is 13.8 Å². The molecule has 13 heavy (non-hydrogen) atoms. The summed E-state index contributed by atoms with van der Waals surface area (Å²) in [6.45, 7) is 4.86. The second-order valence-electron chi connectivity index (χ2n) is 3.66. The Hall–Kier alpha value is -0.970. The molecule has 1 aromatic heterocycles. The highest BCUT2D eigenvalue weighted by atomic mass is 32.1. The Morgan fingerprint density at radius 1 is 1.62 bits per heavy atom. The molecule has 0 spiro atoms. The van der Waals surface area contributed by atoms with Crippen LogP contribution in [-0.4, -0.2) is 19.8 Å². The Kier molecular flexibility index (Phi) is 2.98. The lowest BCUT2D eigenvalue weighted by Gasteiger charge is -2.22. The zero-order valence-corrected chi connectivity index (χ0v) is 8.71. The van der Waals surface area contributed by atoms with Crippen molar-refractivity contribution in [3.8, 4) is 0 Å². The van der Waals surface area contributed by atoms with Crippen LogP contribution in [0.2, 0.25) is 0 Å². The van der Waals surface area contributed by atoms with Crippen molar-refractivity contribution in [2.75, 3.05) is 0 Å². The van der Waals surface area contributed by atoms with Crippen LogP contribution in [0.4, 0.5) is 0 Å². The summed E-state index contributed by atoms with van der Waals surface area (Å²) in [7, 11) is 0. The molecule has 0 amide bonds. The van der Waals surface area contributed by atoms with E-state index in [2.05, 4.69) is 10.1 Å². The van der Waals surface area contributed by atoms with E-state index in [-0.39, 0.29) is 5.41 Å². The molecule has 0 unspecified atom stereocenters. The normalized spacial score (nSPS) is 11.5. The summed E-state index contributed by atoms with van der Waals surface area (Å²) < 4.78 is 1.78. The summed E-state index contributed by atoms with van der Waals surface area (Å²) in [5, 5.41) is 4.00. The Morgan fingerprint density at radius 2 is 2.31 bits per heavy atom. The van der Waals surface area contributed by atoms with Crippen molar-refractivity contribution in [3.05, 3.63) is 12.7 Å². The van der Waals surface area contributed by atoms with Gasteiger partial charge in [-0.3, -0.25) is 4.68 Å². The fraction of sp³-hybridized carbons (Fsp3) is 0.625. The number of aryl methyl sites for hydroxylation is 1. The number of hydrogen-bond donors (Lipinski definition) is 1. The quantitative estimate of drug-likeness (QED) is 0.733. The number of nitrogens with zero attached hydrogens (tertiary/aromatic N) is 3. The molecule has 0 bridgehead atoms. The van der Waals surface area contributed by atoms with Crippen molar-refractivity contribution < 1.29 is 0 Å². The maximum absolute atomic E-state index is 5.60. The Bertz CT molecular complexity index is 278. The Morgan fingerprint density at radius 3 is 2.77 bits per heavy atom. The molecule has 0 aliphatic rings. The fourth-order valence-corrected chi connectivity index (χ4v) is 0.968. The summed E-state index contributed by atoms with van der Waals surface area (Å²) in [6.07, 6.45) is 4.09. The predicted octanol–water partition coefficient (Wildman–Crippen LogP) is 0.981. The van der Waals surface area contributed by atoms with Gasteiger partial charge in [0.15, 0.2) is 0 Å². The topological polar surface area (TPSA) is 56.7 Å². The molecule has 5 heteroatoms. The van der Waals surface area contributed by atoms with Crippen LogP contribution in [0.1, 0.15) is 20.3 Å². The van der Waals surface area contributed by atoms with Gasteiger partial charge in [0.25, 0.3) is 0 Å². The smallest absolute Gasteiger partial charge is 0.137 e. The third kappa shape index (κ3) is 2.77. The number of nitrogens with two attached hydrogens (primary N) is 1. The number of hydrogen-bond acceptors (Lipinski definition) is 3. The molecule has 2 N–H and O–H groups in total. The predicted molar refractivity (Wildman–Crippen MR) is 55.2 cm³/mol. The molecule has 0 saturated carbocycles. The van der Waals surface area contributed by atoms with Gasteiger partial charge < -0.3 is 5.73 Å². The Balaban J connectivity index is 2.47. The van der Waals surface area contributed by atoms with E-state index in [0.717, 1.165) is 13.0 Å². The van der Waals surface area contributed by atoms with E-state index in [1.165, 1.54) is 6.33 Å². The second-order valence-corrected chi connectivity index (χ2v) is 4.10. The first-order valence-corrected chi connectivity index (χ1v) is 4.55. The van der Waals surface area contributed by atoms with Crippen molar-refractivity contribution in [2.45, 2.75) is 26.8 Å². The molecule has 0 radical (unpaired) electrons. The molecule has 0 aromatic carbocycles. The SMILES string of the molecule is CC(C)(CCn1cncn1)C(N)=S. The van der Waals surface area contributed by atoms with Gasteiger partial charge in [0.1, 0.15) is 12.7 Å². The molecule has 0 atom stereocenters. The first kappa shape index (κ1) is 10.1. The second kappa shape index (κ2) is 3.83. The minimum Gasteiger partial charge on any atom is -0.393 e. The summed E-state index contributed by atoms with van der Waals surface area (Å²) in [5.41, 5.74) is 5.49. The highest BCUT2D eigenvalue weighted by molar-refractivity contribution is 7.80. The van der Waals surface area contributed by atoms with E-state index in [1.54, 1.807) is 11.0 Å². The summed E-state index contributed by atoms with van der Waals surface area (Å²) >= 11 is 4.96. The van der Waals surface area contributed by atoms with Crippen LogP contribution in [-0.2, 0) is 6.54 Å². The van der Waals surface area contributed by atoms with E-state index in [0.29, 0.717) is 4.99 Å². The fourth-order valence-electron chi connectivity index (χ4n) is 0.865. The minimum absolute atomic E-state index is 0.110. The van der Waals surface area contributed by atoms with Gasteiger partial charge in [-0.1, -0.05) is 26.1 Å². The van der Waals surface area contributed by atoms with Gasteiger partial charge in [0.2, 0.25) is 0 Å². The third-order valence-electron chi connectivity index (χ3n) is 2.10. The summed E-state index contributed by atoms with van der Waals surface area (Å²) in [4.78, 5) is 4.40. The highest BCUT2D eigenvalue weighted by Gasteiger charge is 2.20. The number of rotatable bonds is 4. The van der Waals surface area contributed by atoms with Crippen molar-refractivity contribution in [1.29, 1.82) is 0 Å². The zero-order valence-electron chi connectivity index (χ0n) is 7.90. The maximum Gasteiger partial charge on any atom is 0.137 e. The Labute approximate surface area is 83.1 Å². The first-order valence-electron chi connectivity index (χ1n) is 4.15. The molecule has 0 fully saturated rings. The van der Waals surface area contributed by atoms with Gasteiger partial charge in [-0.05, 0) is 6.42 Å². The van der Waals surface area contributed by atoms with Gasteiger partial charge in [0.05, 0.1) is 4.99 Å². The lowest BCUT2D eigenvalue weighted by molar-refractivity contribution is 0.417. The summed E-state index contributed by atoms with van der Waals surface area (Å²) in [5.74, 6) is 0. The zero-order chi connectivity index (χ0) is 9.90. The number of thiocarbonyl (C=S) groups is 1. The van der Waals surface area contributed by atoms with Crippen LogP contribution in [0, 0.1) is 5.41 Å². The van der Waals surface area contributed by atoms with Gasteiger partial charge >= 0.3 is 0 Å². The van der Waals surface area contributed by atoms with Crippen LogP contribution in [0.15, 0.2) is 12.7 Å². The van der Waals surface area contributed by atoms with Crippen molar-refractivity contribution in [2.24, 2.45) is 11.1 Å². The largest absolute Gasteiger partial charge is 0.393 e. The van der Waals surface area contributed by atoms with Crippen LogP contribution in [0.3, 0.4) is 0 Å². The van der Waals surface area contributed by atoms with E-state index in [9.17, 15) is 0 Å². The molecule has 0 saturated heterocycles. The molecular weight excluding hydrogens is 184 g/mol. The lowest BCUT2D eigenvalue weighted by atomic mass is 9.89. The standard InChI is InChI=1S/C8H14N4S/c1-8(2,7(9)13)3-4-12-6-10-5-11-12/h5-6H,3-4H2,1-2H3,(H2,9,13). The van der Waals surface area contributed by atoms with Crippen molar-refractivity contribution in [3.63, 3.8) is 0 Å². The van der Waals surface area contributed by atoms with Crippen LogP contribution >= 0.6 is 12.2 Å². The van der Waals surface area contributed by atoms with Gasteiger partial charge in [-0.25, -0.2) is 4.98 Å². The first-order chi connectivity index (χ1) is 6.02.